The zero-order chi connectivity index (χ0) is 13.9. The molecular weight excluding hydrogens is 262 g/mol. The van der Waals surface area contributed by atoms with Crippen LogP contribution in [0.2, 0.25) is 0 Å². The molecule has 0 bridgehead atoms. The van der Waals surface area contributed by atoms with Crippen LogP contribution in [0.4, 0.5) is 8.78 Å². The number of ether oxygens (including phenoxy) is 3. The maximum Gasteiger partial charge on any atom is 0.387 e. The molecule has 7 heteroatoms. The van der Waals surface area contributed by atoms with Gasteiger partial charge in [-0.15, -0.1) is 0 Å². The monoisotopic (exact) mass is 274 g/mol. The van der Waals surface area contributed by atoms with Crippen LogP contribution in [0.5, 0.6) is 5.75 Å². The number of carbonyl (C=O) groups is 1. The van der Waals surface area contributed by atoms with Crippen LogP contribution in [0.15, 0.2) is 24.3 Å². The van der Waals surface area contributed by atoms with Crippen molar-refractivity contribution in [3.63, 3.8) is 0 Å². The van der Waals surface area contributed by atoms with Gasteiger partial charge in [-0.25, -0.2) is 4.79 Å². The molecular formula is C12H12F2O5. The van der Waals surface area contributed by atoms with Crippen LogP contribution in [-0.2, 0) is 19.9 Å². The van der Waals surface area contributed by atoms with Crippen LogP contribution >= 0.6 is 0 Å². The number of alkyl halides is 2. The van der Waals surface area contributed by atoms with Gasteiger partial charge in [0, 0.05) is 0 Å². The zero-order valence-corrected chi connectivity index (χ0v) is 9.84. The fourth-order valence-electron chi connectivity index (χ4n) is 1.76. The van der Waals surface area contributed by atoms with Crippen molar-refractivity contribution < 1.29 is 32.9 Å². The Bertz CT molecular complexity index is 442. The van der Waals surface area contributed by atoms with Crippen LogP contribution in [-0.4, -0.2) is 37.5 Å². The molecule has 1 aliphatic heterocycles. The Morgan fingerprint density at radius 2 is 2.00 bits per heavy atom. The lowest BCUT2D eigenvalue weighted by Gasteiger charge is -2.41. The van der Waals surface area contributed by atoms with Crippen LogP contribution in [0.3, 0.4) is 0 Å². The number of carboxylic acids is 1. The largest absolute Gasteiger partial charge is 0.480 e. The maximum atomic E-state index is 12.0. The minimum absolute atomic E-state index is 0.0346. The highest BCUT2D eigenvalue weighted by Gasteiger charge is 2.42. The van der Waals surface area contributed by atoms with Gasteiger partial charge in [0.05, 0.1) is 13.2 Å². The zero-order valence-electron chi connectivity index (χ0n) is 9.84. The molecule has 104 valence electrons. The molecule has 0 saturated carbocycles. The van der Waals surface area contributed by atoms with Gasteiger partial charge in [-0.1, -0.05) is 12.1 Å². The number of hydrogen-bond donors (Lipinski definition) is 1. The third kappa shape index (κ3) is 3.18. The average Bonchev–Trinajstić information content (AvgIpc) is 2.28. The highest BCUT2D eigenvalue weighted by Crippen LogP contribution is 2.34. The van der Waals surface area contributed by atoms with Crippen molar-refractivity contribution in [2.75, 3.05) is 19.8 Å². The summed E-state index contributed by atoms with van der Waals surface area (Å²) in [6.07, 6.45) is 0. The molecule has 1 heterocycles. The Morgan fingerprint density at radius 1 is 1.37 bits per heavy atom. The lowest BCUT2D eigenvalue weighted by atomic mass is 9.91. The van der Waals surface area contributed by atoms with E-state index in [4.69, 9.17) is 14.6 Å². The molecule has 1 aliphatic rings. The van der Waals surface area contributed by atoms with Crippen LogP contribution in [0.25, 0.3) is 0 Å². The second kappa shape index (κ2) is 5.50. The standard InChI is InChI=1S/C12H12F2O5/c13-11(14)19-9-3-1-8(2-4-9)12(6-17-7-12)18-5-10(15)16/h1-4,11H,5-7H2,(H,15,16). The molecule has 1 aromatic rings. The van der Waals surface area contributed by atoms with E-state index in [1.807, 2.05) is 0 Å². The van der Waals surface area contributed by atoms with Crippen molar-refractivity contribution >= 4 is 5.97 Å². The Morgan fingerprint density at radius 3 is 2.42 bits per heavy atom. The van der Waals surface area contributed by atoms with Crippen molar-refractivity contribution in [3.8, 4) is 5.75 Å². The van der Waals surface area contributed by atoms with Crippen LogP contribution in [0, 0.1) is 0 Å². The number of benzene rings is 1. The van der Waals surface area contributed by atoms with E-state index in [0.29, 0.717) is 5.56 Å². The molecule has 1 aromatic carbocycles. The van der Waals surface area contributed by atoms with Crippen molar-refractivity contribution in [2.45, 2.75) is 12.2 Å². The van der Waals surface area contributed by atoms with Crippen LogP contribution in [0.1, 0.15) is 5.56 Å². The van der Waals surface area contributed by atoms with Crippen molar-refractivity contribution in [1.29, 1.82) is 0 Å². The van der Waals surface area contributed by atoms with Gasteiger partial charge in [0.15, 0.2) is 0 Å². The van der Waals surface area contributed by atoms with E-state index >= 15 is 0 Å². The Kier molecular flexibility index (Phi) is 3.96. The summed E-state index contributed by atoms with van der Waals surface area (Å²) < 4.78 is 38.6. The van der Waals surface area contributed by atoms with Gasteiger partial charge < -0.3 is 19.3 Å². The summed E-state index contributed by atoms with van der Waals surface area (Å²) in [6.45, 7) is -2.86. The average molecular weight is 274 g/mol. The van der Waals surface area contributed by atoms with Gasteiger partial charge >= 0.3 is 12.6 Å². The van der Waals surface area contributed by atoms with E-state index in [1.54, 1.807) is 12.1 Å². The first kappa shape index (κ1) is 13.7. The van der Waals surface area contributed by atoms with E-state index in [9.17, 15) is 13.6 Å². The number of carboxylic acid groups (broad SMARTS) is 1. The van der Waals surface area contributed by atoms with Gasteiger partial charge in [-0.2, -0.15) is 8.78 Å². The second-order valence-electron chi connectivity index (χ2n) is 4.07. The Balaban J connectivity index is 2.08. The quantitative estimate of drug-likeness (QED) is 0.853. The van der Waals surface area contributed by atoms with Crippen molar-refractivity contribution in [3.05, 3.63) is 29.8 Å². The fourth-order valence-corrected chi connectivity index (χ4v) is 1.76. The molecule has 0 atom stereocenters. The van der Waals surface area contributed by atoms with Crippen molar-refractivity contribution in [2.24, 2.45) is 0 Å². The van der Waals surface area contributed by atoms with Crippen molar-refractivity contribution in [1.82, 2.24) is 0 Å². The summed E-state index contributed by atoms with van der Waals surface area (Å²) in [6, 6.07) is 5.88. The minimum atomic E-state index is -2.88. The minimum Gasteiger partial charge on any atom is -0.480 e. The predicted molar refractivity (Wildman–Crippen MR) is 59.2 cm³/mol. The Hall–Kier alpha value is -1.73. The first-order chi connectivity index (χ1) is 9.02. The molecule has 0 amide bonds. The summed E-state index contributed by atoms with van der Waals surface area (Å²) in [4.78, 5) is 10.5. The second-order valence-corrected chi connectivity index (χ2v) is 4.07. The topological polar surface area (TPSA) is 65.0 Å². The molecule has 2 rings (SSSR count). The Labute approximate surface area is 107 Å². The van der Waals surface area contributed by atoms with E-state index < -0.39 is 24.8 Å². The third-order valence-corrected chi connectivity index (χ3v) is 2.75. The molecule has 0 radical (unpaired) electrons. The van der Waals surface area contributed by atoms with E-state index in [0.717, 1.165) is 0 Å². The molecule has 1 saturated heterocycles. The van der Waals surface area contributed by atoms with Gasteiger partial charge in [0.1, 0.15) is 18.0 Å². The molecule has 0 unspecified atom stereocenters. The summed E-state index contributed by atoms with van der Waals surface area (Å²) >= 11 is 0. The summed E-state index contributed by atoms with van der Waals surface area (Å²) in [5, 5.41) is 8.62. The summed E-state index contributed by atoms with van der Waals surface area (Å²) in [5.41, 5.74) is -0.150. The van der Waals surface area contributed by atoms with Gasteiger partial charge in [0.2, 0.25) is 0 Å². The molecule has 0 aliphatic carbocycles. The first-order valence-electron chi connectivity index (χ1n) is 5.51. The molecule has 5 nitrogen and oxygen atoms in total. The number of hydrogen-bond acceptors (Lipinski definition) is 4. The van der Waals surface area contributed by atoms with Gasteiger partial charge in [-0.3, -0.25) is 0 Å². The normalized spacial score (nSPS) is 17.0. The fraction of sp³-hybridized carbons (Fsp3) is 0.417. The van der Waals surface area contributed by atoms with E-state index in [-0.39, 0.29) is 19.0 Å². The van der Waals surface area contributed by atoms with E-state index in [2.05, 4.69) is 4.74 Å². The maximum absolute atomic E-state index is 12.0. The smallest absolute Gasteiger partial charge is 0.387 e. The summed E-state index contributed by atoms with van der Waals surface area (Å²) in [5.74, 6) is -1.05. The predicted octanol–water partition coefficient (Wildman–Crippen LogP) is 1.61. The lowest BCUT2D eigenvalue weighted by molar-refractivity contribution is -0.220. The molecule has 1 fully saturated rings. The number of halogens is 2. The van der Waals surface area contributed by atoms with Gasteiger partial charge in [-0.05, 0) is 17.7 Å². The molecule has 1 N–H and O–H groups in total. The molecule has 19 heavy (non-hydrogen) atoms. The van der Waals surface area contributed by atoms with E-state index in [1.165, 1.54) is 12.1 Å². The first-order valence-corrected chi connectivity index (χ1v) is 5.51. The molecule has 0 aromatic heterocycles. The lowest BCUT2D eigenvalue weighted by Crippen LogP contribution is -2.49. The molecule has 0 spiro atoms. The summed E-state index contributed by atoms with van der Waals surface area (Å²) in [7, 11) is 0. The number of rotatable bonds is 6. The third-order valence-electron chi connectivity index (χ3n) is 2.75. The van der Waals surface area contributed by atoms with Crippen LogP contribution < -0.4 is 4.74 Å². The van der Waals surface area contributed by atoms with Gasteiger partial charge in [0.25, 0.3) is 0 Å². The highest BCUT2D eigenvalue weighted by atomic mass is 19.3. The number of aliphatic carboxylic acids is 1. The SMILES string of the molecule is O=C(O)COC1(c2ccc(OC(F)F)cc2)COC1. The highest BCUT2D eigenvalue weighted by molar-refractivity contribution is 5.68.